The van der Waals surface area contributed by atoms with Gasteiger partial charge in [0.05, 0.1) is 12.2 Å². The van der Waals surface area contributed by atoms with E-state index in [1.165, 1.54) is 0 Å². The minimum absolute atomic E-state index is 0.501. The number of furan rings is 1. The molecule has 2 aromatic heterocycles. The van der Waals surface area contributed by atoms with Gasteiger partial charge < -0.3 is 15.5 Å². The normalized spacial score (nSPS) is 10.2. The Morgan fingerprint density at radius 2 is 2.27 bits per heavy atom. The SMILES string of the molecule is Cc1ccc(CNc2cccnc2N)o1. The molecule has 0 aliphatic rings. The third-order valence-corrected chi connectivity index (χ3v) is 2.09. The van der Waals surface area contributed by atoms with Gasteiger partial charge in [0.1, 0.15) is 17.3 Å². The second-order valence-electron chi connectivity index (χ2n) is 3.30. The second kappa shape index (κ2) is 4.04. The Morgan fingerprint density at radius 1 is 1.40 bits per heavy atom. The van der Waals surface area contributed by atoms with Crippen molar-refractivity contribution in [3.8, 4) is 0 Å². The van der Waals surface area contributed by atoms with Crippen LogP contribution in [0.4, 0.5) is 11.5 Å². The number of hydrogen-bond acceptors (Lipinski definition) is 4. The predicted molar refractivity (Wildman–Crippen MR) is 59.4 cm³/mol. The first-order valence-corrected chi connectivity index (χ1v) is 4.75. The van der Waals surface area contributed by atoms with Crippen LogP contribution in [0.5, 0.6) is 0 Å². The molecule has 15 heavy (non-hydrogen) atoms. The highest BCUT2D eigenvalue weighted by Gasteiger charge is 2.00. The van der Waals surface area contributed by atoms with Crippen LogP contribution in [0, 0.1) is 6.92 Å². The zero-order chi connectivity index (χ0) is 10.7. The van der Waals surface area contributed by atoms with E-state index in [1.807, 2.05) is 31.2 Å². The van der Waals surface area contributed by atoms with E-state index in [-0.39, 0.29) is 0 Å². The van der Waals surface area contributed by atoms with Crippen molar-refractivity contribution in [2.45, 2.75) is 13.5 Å². The Kier molecular flexibility index (Phi) is 2.58. The molecule has 4 nitrogen and oxygen atoms in total. The van der Waals surface area contributed by atoms with Gasteiger partial charge in [-0.25, -0.2) is 4.98 Å². The van der Waals surface area contributed by atoms with Gasteiger partial charge in [-0.05, 0) is 31.2 Å². The Hall–Kier alpha value is -1.97. The van der Waals surface area contributed by atoms with Crippen LogP contribution < -0.4 is 11.1 Å². The molecule has 0 aliphatic carbocycles. The van der Waals surface area contributed by atoms with E-state index < -0.39 is 0 Å². The van der Waals surface area contributed by atoms with E-state index in [9.17, 15) is 0 Å². The first kappa shape index (κ1) is 9.58. The lowest BCUT2D eigenvalue weighted by Crippen LogP contribution is -2.02. The van der Waals surface area contributed by atoms with Gasteiger partial charge in [0.15, 0.2) is 0 Å². The second-order valence-corrected chi connectivity index (χ2v) is 3.30. The lowest BCUT2D eigenvalue weighted by Gasteiger charge is -2.05. The number of rotatable bonds is 3. The van der Waals surface area contributed by atoms with Gasteiger partial charge >= 0.3 is 0 Å². The molecule has 0 unspecified atom stereocenters. The van der Waals surface area contributed by atoms with Crippen LogP contribution in [0.15, 0.2) is 34.9 Å². The standard InChI is InChI=1S/C11H13N3O/c1-8-4-5-9(15-8)7-14-10-3-2-6-13-11(10)12/h2-6,14H,7H2,1H3,(H2,12,13). The van der Waals surface area contributed by atoms with Gasteiger partial charge in [0, 0.05) is 6.20 Å². The summed E-state index contributed by atoms with van der Waals surface area (Å²) in [4.78, 5) is 3.98. The number of anilines is 2. The maximum absolute atomic E-state index is 5.69. The van der Waals surface area contributed by atoms with Crippen molar-refractivity contribution in [2.24, 2.45) is 0 Å². The molecular weight excluding hydrogens is 190 g/mol. The molecule has 0 atom stereocenters. The molecule has 0 saturated heterocycles. The highest BCUT2D eigenvalue weighted by atomic mass is 16.3. The zero-order valence-corrected chi connectivity index (χ0v) is 8.53. The molecule has 0 aliphatic heterocycles. The van der Waals surface area contributed by atoms with E-state index >= 15 is 0 Å². The predicted octanol–water partition coefficient (Wildman–Crippen LogP) is 2.18. The highest BCUT2D eigenvalue weighted by molar-refractivity contribution is 5.60. The van der Waals surface area contributed by atoms with Crippen LogP contribution >= 0.6 is 0 Å². The third-order valence-electron chi connectivity index (χ3n) is 2.09. The molecule has 2 rings (SSSR count). The Labute approximate surface area is 88.1 Å². The highest BCUT2D eigenvalue weighted by Crippen LogP contribution is 2.15. The molecule has 78 valence electrons. The molecule has 0 aromatic carbocycles. The number of aromatic nitrogens is 1. The first-order chi connectivity index (χ1) is 7.25. The monoisotopic (exact) mass is 203 g/mol. The smallest absolute Gasteiger partial charge is 0.146 e. The summed E-state index contributed by atoms with van der Waals surface area (Å²) in [6.45, 7) is 2.53. The summed E-state index contributed by atoms with van der Waals surface area (Å²) in [5.41, 5.74) is 6.51. The molecule has 2 aromatic rings. The Bertz CT molecular complexity index is 451. The van der Waals surface area contributed by atoms with Gasteiger partial charge in [0.25, 0.3) is 0 Å². The lowest BCUT2D eigenvalue weighted by atomic mass is 10.3. The number of nitrogens with zero attached hydrogens (tertiary/aromatic N) is 1. The quantitative estimate of drug-likeness (QED) is 0.802. The Morgan fingerprint density at radius 3 is 2.93 bits per heavy atom. The summed E-state index contributed by atoms with van der Waals surface area (Å²) in [5.74, 6) is 2.29. The summed E-state index contributed by atoms with van der Waals surface area (Å²) < 4.78 is 5.42. The van der Waals surface area contributed by atoms with Crippen LogP contribution in [0.25, 0.3) is 0 Å². The summed E-state index contributed by atoms with van der Waals surface area (Å²) >= 11 is 0. The van der Waals surface area contributed by atoms with Crippen molar-refractivity contribution in [1.29, 1.82) is 0 Å². The number of hydrogen-bond donors (Lipinski definition) is 2. The van der Waals surface area contributed by atoms with Gasteiger partial charge in [-0.1, -0.05) is 0 Å². The van der Waals surface area contributed by atoms with E-state index in [4.69, 9.17) is 10.2 Å². The van der Waals surface area contributed by atoms with E-state index in [0.29, 0.717) is 12.4 Å². The van der Waals surface area contributed by atoms with Crippen LogP contribution in [0.3, 0.4) is 0 Å². The fourth-order valence-electron chi connectivity index (χ4n) is 1.33. The van der Waals surface area contributed by atoms with Crippen LogP contribution in [-0.4, -0.2) is 4.98 Å². The van der Waals surface area contributed by atoms with Crippen LogP contribution in [-0.2, 0) is 6.54 Å². The van der Waals surface area contributed by atoms with Crippen molar-refractivity contribution in [2.75, 3.05) is 11.1 Å². The molecule has 0 spiro atoms. The molecule has 0 bridgehead atoms. The van der Waals surface area contributed by atoms with Crippen molar-refractivity contribution in [1.82, 2.24) is 4.98 Å². The van der Waals surface area contributed by atoms with Crippen molar-refractivity contribution in [3.05, 3.63) is 42.0 Å². The van der Waals surface area contributed by atoms with E-state index in [0.717, 1.165) is 17.2 Å². The molecule has 4 heteroatoms. The summed E-state index contributed by atoms with van der Waals surface area (Å²) in [6, 6.07) is 7.60. The van der Waals surface area contributed by atoms with Gasteiger partial charge in [0.2, 0.25) is 0 Å². The minimum atomic E-state index is 0.501. The lowest BCUT2D eigenvalue weighted by molar-refractivity contribution is 0.490. The average molecular weight is 203 g/mol. The van der Waals surface area contributed by atoms with E-state index in [1.54, 1.807) is 6.20 Å². The molecule has 0 amide bonds. The van der Waals surface area contributed by atoms with Crippen LogP contribution in [0.1, 0.15) is 11.5 Å². The maximum Gasteiger partial charge on any atom is 0.146 e. The number of nitrogens with one attached hydrogen (secondary N) is 1. The fourth-order valence-corrected chi connectivity index (χ4v) is 1.33. The molecule has 2 heterocycles. The van der Waals surface area contributed by atoms with Gasteiger partial charge in [-0.3, -0.25) is 0 Å². The van der Waals surface area contributed by atoms with Gasteiger partial charge in [-0.15, -0.1) is 0 Å². The molecule has 0 fully saturated rings. The molecule has 0 radical (unpaired) electrons. The molecule has 3 N–H and O–H groups in total. The number of pyridine rings is 1. The number of nitrogen functional groups attached to an aromatic ring is 1. The topological polar surface area (TPSA) is 64.1 Å². The zero-order valence-electron chi connectivity index (χ0n) is 8.53. The molecular formula is C11H13N3O. The maximum atomic E-state index is 5.69. The average Bonchev–Trinajstić information content (AvgIpc) is 2.63. The minimum Gasteiger partial charge on any atom is -0.465 e. The van der Waals surface area contributed by atoms with Crippen molar-refractivity contribution in [3.63, 3.8) is 0 Å². The summed E-state index contributed by atoms with van der Waals surface area (Å²) in [5, 5.41) is 3.16. The summed E-state index contributed by atoms with van der Waals surface area (Å²) in [6.07, 6.45) is 1.66. The van der Waals surface area contributed by atoms with E-state index in [2.05, 4.69) is 10.3 Å². The van der Waals surface area contributed by atoms with Crippen molar-refractivity contribution < 1.29 is 4.42 Å². The Balaban J connectivity index is 2.02. The molecule has 0 saturated carbocycles. The van der Waals surface area contributed by atoms with Gasteiger partial charge in [-0.2, -0.15) is 0 Å². The third kappa shape index (κ3) is 2.28. The number of nitrogens with two attached hydrogens (primary N) is 1. The fraction of sp³-hybridized carbons (Fsp3) is 0.182. The van der Waals surface area contributed by atoms with Crippen LogP contribution in [0.2, 0.25) is 0 Å². The van der Waals surface area contributed by atoms with Crippen molar-refractivity contribution >= 4 is 11.5 Å². The first-order valence-electron chi connectivity index (χ1n) is 4.75. The number of aryl methyl sites for hydroxylation is 1. The summed E-state index contributed by atoms with van der Waals surface area (Å²) in [7, 11) is 0. The largest absolute Gasteiger partial charge is 0.465 e.